The number of nitrogens with zero attached hydrogens (tertiary/aromatic N) is 3. The molecular weight excluding hydrogens is 390 g/mol. The second-order valence-electron chi connectivity index (χ2n) is 7.14. The number of hydrogen-bond donors (Lipinski definition) is 0. The van der Waals surface area contributed by atoms with Crippen LogP contribution in [0.3, 0.4) is 0 Å². The van der Waals surface area contributed by atoms with Crippen molar-refractivity contribution in [3.8, 4) is 17.2 Å². The first-order valence-electron chi connectivity index (χ1n) is 9.90. The molecule has 1 aliphatic rings. The van der Waals surface area contributed by atoms with Crippen LogP contribution in [-0.4, -0.2) is 27.2 Å². The third kappa shape index (κ3) is 4.09. The minimum atomic E-state index is -0.0336. The van der Waals surface area contributed by atoms with Gasteiger partial charge in [-0.3, -0.25) is 9.78 Å². The molecule has 2 aromatic carbocycles. The number of Topliss-reactive ketones (excluding diaryl/α,β-unsaturated/α-hetero) is 1. The van der Waals surface area contributed by atoms with E-state index in [-0.39, 0.29) is 12.4 Å². The molecule has 31 heavy (non-hydrogen) atoms. The SMILES string of the molecule is O=C1/C(=C\c2ccncc2)COc2cc(OCc3cnn(-c4ccccc4)c3)ccc21. The van der Waals surface area contributed by atoms with E-state index in [0.717, 1.165) is 16.8 Å². The average molecular weight is 409 g/mol. The van der Waals surface area contributed by atoms with Crippen molar-refractivity contribution < 1.29 is 14.3 Å². The molecule has 152 valence electrons. The second kappa shape index (κ2) is 8.28. The van der Waals surface area contributed by atoms with Crippen molar-refractivity contribution in [1.29, 1.82) is 0 Å². The van der Waals surface area contributed by atoms with Gasteiger partial charge in [-0.15, -0.1) is 0 Å². The molecule has 0 unspecified atom stereocenters. The molecule has 6 nitrogen and oxygen atoms in total. The van der Waals surface area contributed by atoms with Crippen LogP contribution in [0.5, 0.6) is 11.5 Å². The highest BCUT2D eigenvalue weighted by atomic mass is 16.5. The lowest BCUT2D eigenvalue weighted by Gasteiger charge is -2.19. The largest absolute Gasteiger partial charge is 0.489 e. The highest BCUT2D eigenvalue weighted by Crippen LogP contribution is 2.32. The Bertz CT molecular complexity index is 1250. The molecule has 0 atom stereocenters. The minimum Gasteiger partial charge on any atom is -0.489 e. The zero-order chi connectivity index (χ0) is 21.0. The van der Waals surface area contributed by atoms with Crippen molar-refractivity contribution in [1.82, 2.24) is 14.8 Å². The van der Waals surface area contributed by atoms with Gasteiger partial charge in [0, 0.05) is 35.8 Å². The van der Waals surface area contributed by atoms with Crippen molar-refractivity contribution >= 4 is 11.9 Å². The molecule has 6 heteroatoms. The first-order valence-corrected chi connectivity index (χ1v) is 9.90. The van der Waals surface area contributed by atoms with Crippen LogP contribution in [-0.2, 0) is 6.61 Å². The maximum absolute atomic E-state index is 12.8. The number of carbonyl (C=O) groups is 1. The molecule has 0 saturated heterocycles. The second-order valence-corrected chi connectivity index (χ2v) is 7.14. The van der Waals surface area contributed by atoms with Crippen LogP contribution < -0.4 is 9.47 Å². The topological polar surface area (TPSA) is 66.2 Å². The maximum Gasteiger partial charge on any atom is 0.196 e. The van der Waals surface area contributed by atoms with Gasteiger partial charge >= 0.3 is 0 Å². The summed E-state index contributed by atoms with van der Waals surface area (Å²) in [6.07, 6.45) is 8.94. The Labute approximate surface area is 179 Å². The third-order valence-corrected chi connectivity index (χ3v) is 4.98. The Morgan fingerprint density at radius 2 is 1.90 bits per heavy atom. The van der Waals surface area contributed by atoms with Crippen LogP contribution >= 0.6 is 0 Å². The molecule has 5 rings (SSSR count). The van der Waals surface area contributed by atoms with Gasteiger partial charge in [-0.2, -0.15) is 5.10 Å². The number of rotatable bonds is 5. The lowest BCUT2D eigenvalue weighted by atomic mass is 9.98. The summed E-state index contributed by atoms with van der Waals surface area (Å²) in [4.78, 5) is 16.8. The van der Waals surface area contributed by atoms with E-state index in [2.05, 4.69) is 10.1 Å². The minimum absolute atomic E-state index is 0.0336. The first kappa shape index (κ1) is 18.8. The van der Waals surface area contributed by atoms with E-state index in [1.807, 2.05) is 59.4 Å². The van der Waals surface area contributed by atoms with E-state index in [0.29, 0.717) is 29.2 Å². The zero-order valence-electron chi connectivity index (χ0n) is 16.6. The van der Waals surface area contributed by atoms with Crippen LogP contribution in [0.1, 0.15) is 21.5 Å². The molecular formula is C25H19N3O3. The van der Waals surface area contributed by atoms with Gasteiger partial charge < -0.3 is 9.47 Å². The molecule has 0 spiro atoms. The number of pyridine rings is 1. The summed E-state index contributed by atoms with van der Waals surface area (Å²) in [6, 6.07) is 18.9. The van der Waals surface area contributed by atoms with E-state index in [9.17, 15) is 4.79 Å². The zero-order valence-corrected chi connectivity index (χ0v) is 16.6. The van der Waals surface area contributed by atoms with Crippen molar-refractivity contribution in [3.05, 3.63) is 108 Å². The molecule has 0 saturated carbocycles. The van der Waals surface area contributed by atoms with E-state index in [1.54, 1.807) is 36.8 Å². The highest BCUT2D eigenvalue weighted by molar-refractivity contribution is 6.14. The molecule has 0 fully saturated rings. The summed E-state index contributed by atoms with van der Waals surface area (Å²) in [6.45, 7) is 0.591. The lowest BCUT2D eigenvalue weighted by molar-refractivity contribution is 0.100. The van der Waals surface area contributed by atoms with Gasteiger partial charge in [0.2, 0.25) is 0 Å². The number of hydrogen-bond acceptors (Lipinski definition) is 5. The molecule has 0 N–H and O–H groups in total. The van der Waals surface area contributed by atoms with E-state index < -0.39 is 0 Å². The van der Waals surface area contributed by atoms with Gasteiger partial charge in [0.15, 0.2) is 5.78 Å². The van der Waals surface area contributed by atoms with Gasteiger partial charge in [0.05, 0.1) is 17.4 Å². The Morgan fingerprint density at radius 3 is 2.74 bits per heavy atom. The van der Waals surface area contributed by atoms with Crippen molar-refractivity contribution in [2.45, 2.75) is 6.61 Å². The molecule has 0 amide bonds. The van der Waals surface area contributed by atoms with Crippen LogP contribution in [0.25, 0.3) is 11.8 Å². The summed E-state index contributed by atoms with van der Waals surface area (Å²) >= 11 is 0. The Morgan fingerprint density at radius 1 is 1.06 bits per heavy atom. The number of fused-ring (bicyclic) bond motifs is 1. The van der Waals surface area contributed by atoms with Gasteiger partial charge in [0.25, 0.3) is 0 Å². The first-order chi connectivity index (χ1) is 15.3. The number of ether oxygens (including phenoxy) is 2. The Kier molecular flexibility index (Phi) is 5.02. The van der Waals surface area contributed by atoms with E-state index >= 15 is 0 Å². The van der Waals surface area contributed by atoms with Crippen molar-refractivity contribution in [3.63, 3.8) is 0 Å². The summed E-state index contributed by atoms with van der Waals surface area (Å²) in [5.41, 5.74) is 4.00. The summed E-state index contributed by atoms with van der Waals surface area (Å²) in [7, 11) is 0. The number of aromatic nitrogens is 3. The van der Waals surface area contributed by atoms with Crippen LogP contribution in [0, 0.1) is 0 Å². The van der Waals surface area contributed by atoms with Crippen LogP contribution in [0.15, 0.2) is 91.0 Å². The summed E-state index contributed by atoms with van der Waals surface area (Å²) in [5.74, 6) is 1.14. The van der Waals surface area contributed by atoms with Gasteiger partial charge in [-0.1, -0.05) is 18.2 Å². The van der Waals surface area contributed by atoms with E-state index in [1.165, 1.54) is 0 Å². The molecule has 4 aromatic rings. The fourth-order valence-corrected chi connectivity index (χ4v) is 3.38. The van der Waals surface area contributed by atoms with Gasteiger partial charge in [-0.05, 0) is 48.0 Å². The molecule has 3 heterocycles. The van der Waals surface area contributed by atoms with Gasteiger partial charge in [-0.25, -0.2) is 4.68 Å². The Hall–Kier alpha value is -4.19. The maximum atomic E-state index is 12.8. The van der Waals surface area contributed by atoms with Crippen LogP contribution in [0.2, 0.25) is 0 Å². The molecule has 0 bridgehead atoms. The van der Waals surface area contributed by atoms with E-state index in [4.69, 9.17) is 9.47 Å². The van der Waals surface area contributed by atoms with Gasteiger partial charge in [0.1, 0.15) is 24.7 Å². The molecule has 0 aliphatic carbocycles. The fourth-order valence-electron chi connectivity index (χ4n) is 3.38. The highest BCUT2D eigenvalue weighted by Gasteiger charge is 2.23. The fraction of sp³-hybridized carbons (Fsp3) is 0.0800. The standard InChI is InChI=1S/C25H19N3O3/c29-25-20(12-18-8-10-26-11-9-18)17-31-24-13-22(6-7-23(24)25)30-16-19-14-27-28(15-19)21-4-2-1-3-5-21/h1-15H,16-17H2/b20-12-. The van der Waals surface area contributed by atoms with Crippen molar-refractivity contribution in [2.75, 3.05) is 6.61 Å². The number of carbonyl (C=O) groups excluding carboxylic acids is 1. The quantitative estimate of drug-likeness (QED) is 0.454. The lowest BCUT2D eigenvalue weighted by Crippen LogP contribution is -2.19. The summed E-state index contributed by atoms with van der Waals surface area (Å²) < 4.78 is 13.5. The third-order valence-electron chi connectivity index (χ3n) is 4.98. The predicted molar refractivity (Wildman–Crippen MR) is 116 cm³/mol. The summed E-state index contributed by atoms with van der Waals surface area (Å²) in [5, 5.41) is 4.38. The normalized spacial score (nSPS) is 14.2. The smallest absolute Gasteiger partial charge is 0.196 e. The predicted octanol–water partition coefficient (Wildman–Crippen LogP) is 4.51. The molecule has 0 radical (unpaired) electrons. The molecule has 2 aromatic heterocycles. The van der Waals surface area contributed by atoms with Crippen molar-refractivity contribution in [2.24, 2.45) is 0 Å². The van der Waals surface area contributed by atoms with Crippen LogP contribution in [0.4, 0.5) is 0 Å². The Balaban J connectivity index is 1.28. The monoisotopic (exact) mass is 409 g/mol. The average Bonchev–Trinajstić information content (AvgIpc) is 3.30. The number of benzene rings is 2. The number of ketones is 1. The molecule has 1 aliphatic heterocycles. The number of para-hydroxylation sites is 1.